The van der Waals surface area contributed by atoms with E-state index < -0.39 is 0 Å². The predicted octanol–water partition coefficient (Wildman–Crippen LogP) is 0.0650. The monoisotopic (exact) mass is 186 g/mol. The molecule has 76 valence electrons. The van der Waals surface area contributed by atoms with Crippen LogP contribution in [0.5, 0.6) is 0 Å². The summed E-state index contributed by atoms with van der Waals surface area (Å²) >= 11 is 0. The number of nitrogens with one attached hydrogen (secondary N) is 1. The Hall–Kier alpha value is -0.900. The first kappa shape index (κ1) is 12.1. The second-order valence-electron chi connectivity index (χ2n) is 3.48. The van der Waals surface area contributed by atoms with Crippen LogP contribution in [0, 0.1) is 5.92 Å². The highest BCUT2D eigenvalue weighted by atomic mass is 16.1. The fourth-order valence-electron chi connectivity index (χ4n) is 0.998. The lowest BCUT2D eigenvalue weighted by Crippen LogP contribution is -2.33. The molecule has 0 spiro atoms. The van der Waals surface area contributed by atoms with E-state index in [1.165, 1.54) is 0 Å². The van der Waals surface area contributed by atoms with Crippen molar-refractivity contribution in [2.24, 2.45) is 11.7 Å². The van der Waals surface area contributed by atoms with E-state index in [1.54, 1.807) is 7.05 Å². The lowest BCUT2D eigenvalue weighted by Gasteiger charge is -2.14. The number of carbonyl (C=O) groups excluding carboxylic acids is 2. The van der Waals surface area contributed by atoms with E-state index in [-0.39, 0.29) is 30.1 Å². The van der Waals surface area contributed by atoms with Crippen molar-refractivity contribution in [2.45, 2.75) is 32.7 Å². The largest absolute Gasteiger partial charge is 0.370 e. The van der Waals surface area contributed by atoms with Gasteiger partial charge in [-0.1, -0.05) is 13.8 Å². The van der Waals surface area contributed by atoms with Crippen molar-refractivity contribution in [3.05, 3.63) is 0 Å². The summed E-state index contributed by atoms with van der Waals surface area (Å²) in [6.45, 7) is 3.69. The number of carbonyl (C=O) groups is 2. The van der Waals surface area contributed by atoms with Crippen molar-refractivity contribution >= 4 is 11.7 Å². The Kier molecular flexibility index (Phi) is 5.30. The molecule has 0 aliphatic heterocycles. The molecule has 0 radical (unpaired) electrons. The average molecular weight is 186 g/mol. The maximum absolute atomic E-state index is 11.3. The third-order valence-corrected chi connectivity index (χ3v) is 1.95. The van der Waals surface area contributed by atoms with E-state index in [0.717, 1.165) is 0 Å². The number of nitrogens with two attached hydrogens (primary N) is 1. The maximum atomic E-state index is 11.3. The average Bonchev–Trinajstić information content (AvgIpc) is 2.02. The van der Waals surface area contributed by atoms with Gasteiger partial charge in [0, 0.05) is 24.8 Å². The number of amides is 1. The molecular formula is C9H18N2O2. The van der Waals surface area contributed by atoms with Crippen LogP contribution in [0.15, 0.2) is 0 Å². The smallest absolute Gasteiger partial charge is 0.218 e. The topological polar surface area (TPSA) is 72.2 Å². The normalized spacial score (nSPS) is 12.9. The SMILES string of the molecule is CNC(CC(N)=O)CC(=O)C(C)C. The molecule has 3 N–H and O–H groups in total. The van der Waals surface area contributed by atoms with Gasteiger partial charge in [-0.2, -0.15) is 0 Å². The molecule has 0 bridgehead atoms. The summed E-state index contributed by atoms with van der Waals surface area (Å²) in [7, 11) is 1.72. The summed E-state index contributed by atoms with van der Waals surface area (Å²) in [5.41, 5.74) is 5.03. The highest BCUT2D eigenvalue weighted by Gasteiger charge is 2.16. The van der Waals surface area contributed by atoms with Gasteiger partial charge in [-0.15, -0.1) is 0 Å². The molecule has 0 saturated carbocycles. The molecule has 0 rings (SSSR count). The van der Waals surface area contributed by atoms with Gasteiger partial charge in [0.25, 0.3) is 0 Å². The van der Waals surface area contributed by atoms with Crippen molar-refractivity contribution < 1.29 is 9.59 Å². The number of hydrogen-bond donors (Lipinski definition) is 2. The lowest BCUT2D eigenvalue weighted by molar-refractivity contribution is -0.122. The molecule has 0 aliphatic carbocycles. The zero-order valence-corrected chi connectivity index (χ0v) is 8.46. The van der Waals surface area contributed by atoms with E-state index in [1.807, 2.05) is 13.8 Å². The van der Waals surface area contributed by atoms with Crippen LogP contribution in [0.1, 0.15) is 26.7 Å². The summed E-state index contributed by atoms with van der Waals surface area (Å²) in [5.74, 6) is -0.208. The minimum atomic E-state index is -0.379. The van der Waals surface area contributed by atoms with Gasteiger partial charge in [0.05, 0.1) is 0 Å². The first-order valence-corrected chi connectivity index (χ1v) is 4.45. The van der Waals surface area contributed by atoms with Gasteiger partial charge in [0.2, 0.25) is 5.91 Å². The number of rotatable bonds is 6. The fraction of sp³-hybridized carbons (Fsp3) is 0.778. The van der Waals surface area contributed by atoms with E-state index in [0.29, 0.717) is 6.42 Å². The third kappa shape index (κ3) is 5.36. The van der Waals surface area contributed by atoms with Gasteiger partial charge in [0.1, 0.15) is 5.78 Å². The predicted molar refractivity (Wildman–Crippen MR) is 51.1 cm³/mol. The van der Waals surface area contributed by atoms with Crippen LogP contribution in [0.25, 0.3) is 0 Å². The molecule has 1 unspecified atom stereocenters. The molecule has 13 heavy (non-hydrogen) atoms. The van der Waals surface area contributed by atoms with Crippen LogP contribution < -0.4 is 11.1 Å². The first-order chi connectivity index (χ1) is 5.97. The molecule has 4 nitrogen and oxygen atoms in total. The molecule has 0 aromatic heterocycles. The minimum Gasteiger partial charge on any atom is -0.370 e. The number of primary amides is 1. The second kappa shape index (κ2) is 5.70. The minimum absolute atomic E-state index is 0.0173. The van der Waals surface area contributed by atoms with Gasteiger partial charge in [-0.25, -0.2) is 0 Å². The van der Waals surface area contributed by atoms with Gasteiger partial charge in [0.15, 0.2) is 0 Å². The molecule has 0 aromatic rings. The molecule has 0 heterocycles. The zero-order chi connectivity index (χ0) is 10.4. The Morgan fingerprint density at radius 3 is 2.15 bits per heavy atom. The number of hydrogen-bond acceptors (Lipinski definition) is 3. The Balaban J connectivity index is 3.97. The molecule has 0 aromatic carbocycles. The molecule has 0 fully saturated rings. The summed E-state index contributed by atoms with van der Waals surface area (Å²) in [5, 5.41) is 2.90. The Labute approximate surface area is 78.9 Å². The Morgan fingerprint density at radius 1 is 1.31 bits per heavy atom. The van der Waals surface area contributed by atoms with Crippen molar-refractivity contribution in [3.8, 4) is 0 Å². The highest BCUT2D eigenvalue weighted by molar-refractivity contribution is 5.82. The molecular weight excluding hydrogens is 168 g/mol. The van der Waals surface area contributed by atoms with Gasteiger partial charge >= 0.3 is 0 Å². The second-order valence-corrected chi connectivity index (χ2v) is 3.48. The third-order valence-electron chi connectivity index (χ3n) is 1.95. The molecule has 0 saturated heterocycles. The molecule has 1 atom stereocenters. The van der Waals surface area contributed by atoms with Crippen LogP contribution in [0.4, 0.5) is 0 Å². The Bertz CT molecular complexity index is 190. The number of ketones is 1. The quantitative estimate of drug-likeness (QED) is 0.616. The molecule has 1 amide bonds. The number of Topliss-reactive ketones (excluding diaryl/α,β-unsaturated/α-hetero) is 1. The van der Waals surface area contributed by atoms with Crippen LogP contribution in [-0.4, -0.2) is 24.8 Å². The van der Waals surface area contributed by atoms with Crippen LogP contribution in [0.3, 0.4) is 0 Å². The standard InChI is InChI=1S/C9H18N2O2/c1-6(2)8(12)4-7(11-3)5-9(10)13/h6-7,11H,4-5H2,1-3H3,(H2,10,13). The van der Waals surface area contributed by atoms with E-state index in [2.05, 4.69) is 5.32 Å². The van der Waals surface area contributed by atoms with Crippen molar-refractivity contribution in [1.29, 1.82) is 0 Å². The summed E-state index contributed by atoms with van der Waals surface area (Å²) in [6.07, 6.45) is 0.589. The van der Waals surface area contributed by atoms with Gasteiger partial charge in [-0.3, -0.25) is 9.59 Å². The van der Waals surface area contributed by atoms with E-state index >= 15 is 0 Å². The maximum Gasteiger partial charge on any atom is 0.218 e. The molecule has 4 heteroatoms. The van der Waals surface area contributed by atoms with Crippen LogP contribution in [-0.2, 0) is 9.59 Å². The first-order valence-electron chi connectivity index (χ1n) is 4.45. The molecule has 0 aliphatic rings. The summed E-state index contributed by atoms with van der Waals surface area (Å²) in [6, 6.07) is -0.118. The summed E-state index contributed by atoms with van der Waals surface area (Å²) in [4.78, 5) is 21.9. The highest BCUT2D eigenvalue weighted by Crippen LogP contribution is 2.04. The summed E-state index contributed by atoms with van der Waals surface area (Å²) < 4.78 is 0. The fourth-order valence-corrected chi connectivity index (χ4v) is 0.998. The van der Waals surface area contributed by atoms with Gasteiger partial charge in [-0.05, 0) is 7.05 Å². The lowest BCUT2D eigenvalue weighted by atomic mass is 10.00. The van der Waals surface area contributed by atoms with Crippen molar-refractivity contribution in [3.63, 3.8) is 0 Å². The van der Waals surface area contributed by atoms with Gasteiger partial charge < -0.3 is 11.1 Å². The van der Waals surface area contributed by atoms with Crippen LogP contribution in [0.2, 0.25) is 0 Å². The van der Waals surface area contributed by atoms with E-state index in [4.69, 9.17) is 5.73 Å². The van der Waals surface area contributed by atoms with E-state index in [9.17, 15) is 9.59 Å². The van der Waals surface area contributed by atoms with Crippen molar-refractivity contribution in [2.75, 3.05) is 7.05 Å². The Morgan fingerprint density at radius 2 is 1.85 bits per heavy atom. The zero-order valence-electron chi connectivity index (χ0n) is 8.46. The van der Waals surface area contributed by atoms with Crippen molar-refractivity contribution in [1.82, 2.24) is 5.32 Å². The van der Waals surface area contributed by atoms with Crippen LogP contribution >= 0.6 is 0 Å².